The predicted octanol–water partition coefficient (Wildman–Crippen LogP) is 12.8. The van der Waals surface area contributed by atoms with Gasteiger partial charge in [0.15, 0.2) is 0 Å². The van der Waals surface area contributed by atoms with Crippen molar-refractivity contribution in [1.29, 1.82) is 0 Å². The van der Waals surface area contributed by atoms with Gasteiger partial charge in [-0.3, -0.25) is 0 Å². The molecule has 0 aromatic heterocycles. The first-order chi connectivity index (χ1) is 24.1. The Hall–Kier alpha value is -5.66. The van der Waals surface area contributed by atoms with E-state index in [0.29, 0.717) is 0 Å². The molecule has 0 amide bonds. The summed E-state index contributed by atoms with van der Waals surface area (Å²) in [6.07, 6.45) is 0. The fourth-order valence-electron chi connectivity index (χ4n) is 9.15. The zero-order valence-corrected chi connectivity index (χ0v) is 28.5. The molecule has 3 aliphatic carbocycles. The summed E-state index contributed by atoms with van der Waals surface area (Å²) in [6, 6.07) is 61.0. The molecule has 1 heteroatoms. The van der Waals surface area contributed by atoms with E-state index in [1.165, 1.54) is 78.1 Å². The molecule has 0 heterocycles. The van der Waals surface area contributed by atoms with E-state index in [1.54, 1.807) is 0 Å². The second-order valence-corrected chi connectivity index (χ2v) is 13.7. The minimum Gasteiger partial charge on any atom is -0.310 e. The number of anilines is 3. The number of fused-ring (bicyclic) bond motifs is 13. The van der Waals surface area contributed by atoms with Crippen LogP contribution >= 0.6 is 0 Å². The third-order valence-corrected chi connectivity index (χ3v) is 11.1. The van der Waals surface area contributed by atoms with Crippen LogP contribution in [0.1, 0.15) is 61.1 Å². The number of nitrogens with zero attached hydrogens (tertiary/aromatic N) is 1. The lowest BCUT2D eigenvalue weighted by molar-refractivity contribution is 0.660. The summed E-state index contributed by atoms with van der Waals surface area (Å²) in [7, 11) is 0. The Balaban J connectivity index is 0.00000160. The SMILES string of the molecule is CC.CC1(C)c2ccccc2-c2ccc(N(c3ccccc3)c3cccc4c3-c3ccccc3C43c4ccccc4-c4ccccc43)cc21. The number of benzene rings is 7. The highest BCUT2D eigenvalue weighted by molar-refractivity contribution is 6.01. The second-order valence-electron chi connectivity index (χ2n) is 13.7. The van der Waals surface area contributed by atoms with Crippen LogP contribution < -0.4 is 4.90 Å². The van der Waals surface area contributed by atoms with Crippen molar-refractivity contribution in [2.75, 3.05) is 4.90 Å². The standard InChI is InChI=1S/C46H33N.C2H6/c1-45(2)37-21-10-6-17-32(37)35-28-27-31(29-42(35)45)47(30-15-4-3-5-16-30)43-26-14-25-41-44(43)36-20-9-13-24-40(36)46(41)38-22-11-7-18-33(38)34-19-8-12-23-39(34)46;1-2/h3-29H,1-2H3;1-2H3. The lowest BCUT2D eigenvalue weighted by Crippen LogP contribution is -2.26. The molecule has 49 heavy (non-hydrogen) atoms. The molecule has 0 aliphatic heterocycles. The summed E-state index contributed by atoms with van der Waals surface area (Å²) >= 11 is 0. The van der Waals surface area contributed by atoms with Gasteiger partial charge in [0.2, 0.25) is 0 Å². The summed E-state index contributed by atoms with van der Waals surface area (Å²) < 4.78 is 0. The van der Waals surface area contributed by atoms with Crippen molar-refractivity contribution in [3.63, 3.8) is 0 Å². The van der Waals surface area contributed by atoms with Crippen molar-refractivity contribution < 1.29 is 0 Å². The Bertz CT molecular complexity index is 2350. The highest BCUT2D eigenvalue weighted by atomic mass is 15.1. The topological polar surface area (TPSA) is 3.24 Å². The van der Waals surface area contributed by atoms with Gasteiger partial charge in [0, 0.05) is 22.4 Å². The summed E-state index contributed by atoms with van der Waals surface area (Å²) in [4.78, 5) is 2.49. The Labute approximate surface area is 290 Å². The van der Waals surface area contributed by atoms with E-state index in [1.807, 2.05) is 13.8 Å². The summed E-state index contributed by atoms with van der Waals surface area (Å²) in [5, 5.41) is 0. The third-order valence-electron chi connectivity index (χ3n) is 11.1. The van der Waals surface area contributed by atoms with Gasteiger partial charge < -0.3 is 4.90 Å². The van der Waals surface area contributed by atoms with Gasteiger partial charge in [-0.25, -0.2) is 0 Å². The average molecular weight is 630 g/mol. The minimum atomic E-state index is -0.376. The normalized spacial score (nSPS) is 14.4. The van der Waals surface area contributed by atoms with E-state index in [4.69, 9.17) is 0 Å². The Kier molecular flexibility index (Phi) is 6.58. The Morgan fingerprint density at radius 1 is 0.367 bits per heavy atom. The number of rotatable bonds is 3. The molecule has 3 aliphatic rings. The molecular weight excluding hydrogens is 591 g/mol. The molecule has 0 saturated carbocycles. The molecule has 0 atom stereocenters. The zero-order valence-electron chi connectivity index (χ0n) is 28.5. The fraction of sp³-hybridized carbons (Fsp3) is 0.125. The fourth-order valence-corrected chi connectivity index (χ4v) is 9.15. The predicted molar refractivity (Wildman–Crippen MR) is 206 cm³/mol. The zero-order chi connectivity index (χ0) is 33.3. The van der Waals surface area contributed by atoms with Crippen molar-refractivity contribution in [2.24, 2.45) is 0 Å². The van der Waals surface area contributed by atoms with E-state index in [2.05, 4.69) is 183 Å². The van der Waals surface area contributed by atoms with Crippen LogP contribution in [-0.4, -0.2) is 0 Å². The second kappa shape index (κ2) is 10.9. The molecule has 1 spiro atoms. The van der Waals surface area contributed by atoms with E-state index in [0.717, 1.165) is 5.69 Å². The van der Waals surface area contributed by atoms with Gasteiger partial charge in [-0.15, -0.1) is 0 Å². The van der Waals surface area contributed by atoms with Crippen LogP contribution in [0.25, 0.3) is 33.4 Å². The average Bonchev–Trinajstić information content (AvgIpc) is 3.72. The smallest absolute Gasteiger partial charge is 0.0726 e. The molecule has 236 valence electrons. The summed E-state index contributed by atoms with van der Waals surface area (Å²) in [6.45, 7) is 8.73. The van der Waals surface area contributed by atoms with Gasteiger partial charge in [0.05, 0.1) is 11.1 Å². The monoisotopic (exact) mass is 629 g/mol. The van der Waals surface area contributed by atoms with Crippen LogP contribution in [0.5, 0.6) is 0 Å². The van der Waals surface area contributed by atoms with Gasteiger partial charge in [0.25, 0.3) is 0 Å². The van der Waals surface area contributed by atoms with E-state index in [9.17, 15) is 0 Å². The molecule has 0 radical (unpaired) electrons. The Morgan fingerprint density at radius 3 is 1.47 bits per heavy atom. The van der Waals surface area contributed by atoms with Crippen LogP contribution in [0.2, 0.25) is 0 Å². The van der Waals surface area contributed by atoms with Gasteiger partial charge in [0.1, 0.15) is 0 Å². The molecule has 0 saturated heterocycles. The molecule has 1 nitrogen and oxygen atoms in total. The van der Waals surface area contributed by atoms with Gasteiger partial charge >= 0.3 is 0 Å². The third kappa shape index (κ3) is 3.88. The Morgan fingerprint density at radius 2 is 0.837 bits per heavy atom. The quantitative estimate of drug-likeness (QED) is 0.188. The maximum Gasteiger partial charge on any atom is 0.0726 e. The molecule has 0 bridgehead atoms. The highest BCUT2D eigenvalue weighted by Gasteiger charge is 2.52. The highest BCUT2D eigenvalue weighted by Crippen LogP contribution is 2.64. The molecule has 10 rings (SSSR count). The molecule has 0 fully saturated rings. The molecule has 0 N–H and O–H groups in total. The van der Waals surface area contributed by atoms with E-state index >= 15 is 0 Å². The number of hydrogen-bond donors (Lipinski definition) is 0. The van der Waals surface area contributed by atoms with Gasteiger partial charge in [-0.1, -0.05) is 161 Å². The maximum atomic E-state index is 2.49. The van der Waals surface area contributed by atoms with Crippen molar-refractivity contribution >= 4 is 17.1 Å². The van der Waals surface area contributed by atoms with Gasteiger partial charge in [-0.2, -0.15) is 0 Å². The van der Waals surface area contributed by atoms with Crippen molar-refractivity contribution in [3.05, 3.63) is 197 Å². The molecule has 0 unspecified atom stereocenters. The van der Waals surface area contributed by atoms with E-state index in [-0.39, 0.29) is 10.8 Å². The van der Waals surface area contributed by atoms with Crippen LogP contribution in [0, 0.1) is 0 Å². The maximum absolute atomic E-state index is 2.49. The van der Waals surface area contributed by atoms with Crippen molar-refractivity contribution in [2.45, 2.75) is 38.5 Å². The summed E-state index contributed by atoms with van der Waals surface area (Å²) in [5.74, 6) is 0. The lowest BCUT2D eigenvalue weighted by Gasteiger charge is -2.32. The first-order valence-corrected chi connectivity index (χ1v) is 17.6. The number of hydrogen-bond acceptors (Lipinski definition) is 1. The van der Waals surface area contributed by atoms with Crippen LogP contribution in [-0.2, 0) is 10.8 Å². The van der Waals surface area contributed by atoms with Crippen molar-refractivity contribution in [3.8, 4) is 33.4 Å². The molecular formula is C48H39N. The van der Waals surface area contributed by atoms with E-state index < -0.39 is 0 Å². The minimum absolute atomic E-state index is 0.0865. The number of para-hydroxylation sites is 1. The lowest BCUT2D eigenvalue weighted by atomic mass is 9.70. The summed E-state index contributed by atoms with van der Waals surface area (Å²) in [5.41, 5.74) is 19.2. The first kappa shape index (κ1) is 29.5. The van der Waals surface area contributed by atoms with Crippen LogP contribution in [0.15, 0.2) is 164 Å². The first-order valence-electron chi connectivity index (χ1n) is 17.6. The molecule has 7 aromatic rings. The van der Waals surface area contributed by atoms with Crippen molar-refractivity contribution in [1.82, 2.24) is 0 Å². The van der Waals surface area contributed by atoms with Crippen LogP contribution in [0.3, 0.4) is 0 Å². The van der Waals surface area contributed by atoms with Crippen LogP contribution in [0.4, 0.5) is 17.1 Å². The molecule has 7 aromatic carbocycles. The van der Waals surface area contributed by atoms with Gasteiger partial charge in [-0.05, 0) is 91.5 Å². The largest absolute Gasteiger partial charge is 0.310 e.